The maximum absolute atomic E-state index is 12.4. The van der Waals surface area contributed by atoms with Crippen LogP contribution in [0, 0.1) is 3.57 Å². The molecule has 120 valence electrons. The highest BCUT2D eigenvalue weighted by atomic mass is 127. The first-order valence-corrected chi connectivity index (χ1v) is 8.04. The van der Waals surface area contributed by atoms with Crippen LogP contribution in [0.3, 0.4) is 0 Å². The van der Waals surface area contributed by atoms with Gasteiger partial charge in [0, 0.05) is 23.4 Å². The quantitative estimate of drug-likeness (QED) is 0.751. The number of carbonyl (C=O) groups is 2. The number of nitrogens with one attached hydrogen (secondary N) is 1. The lowest BCUT2D eigenvalue weighted by molar-refractivity contribution is -0.130. The van der Waals surface area contributed by atoms with E-state index in [1.165, 1.54) is 4.90 Å². The Morgan fingerprint density at radius 1 is 1.13 bits per heavy atom. The first-order valence-electron chi connectivity index (χ1n) is 6.96. The summed E-state index contributed by atoms with van der Waals surface area (Å²) in [6, 6.07) is 14.4. The molecule has 0 atom stereocenters. The minimum absolute atomic E-state index is 0.111. The van der Waals surface area contributed by atoms with Crippen LogP contribution in [-0.4, -0.2) is 37.4 Å². The van der Waals surface area contributed by atoms with E-state index in [1.54, 1.807) is 38.4 Å². The second kappa shape index (κ2) is 7.96. The molecule has 0 bridgehead atoms. The van der Waals surface area contributed by atoms with E-state index < -0.39 is 0 Å². The van der Waals surface area contributed by atoms with Crippen molar-refractivity contribution >= 4 is 40.1 Å². The first-order chi connectivity index (χ1) is 11.0. The highest BCUT2D eigenvalue weighted by molar-refractivity contribution is 14.1. The minimum atomic E-state index is -0.278. The number of halogens is 1. The van der Waals surface area contributed by atoms with Crippen LogP contribution in [0.4, 0.5) is 5.69 Å². The third-order valence-electron chi connectivity index (χ3n) is 3.06. The summed E-state index contributed by atoms with van der Waals surface area (Å²) in [5, 5.41) is 2.83. The summed E-state index contributed by atoms with van der Waals surface area (Å²) in [4.78, 5) is 25.5. The van der Waals surface area contributed by atoms with Gasteiger partial charge in [-0.2, -0.15) is 0 Å². The molecule has 1 N–H and O–H groups in total. The van der Waals surface area contributed by atoms with Gasteiger partial charge in [0.15, 0.2) is 6.61 Å². The normalized spacial score (nSPS) is 10.0. The third kappa shape index (κ3) is 4.95. The number of rotatable bonds is 5. The van der Waals surface area contributed by atoms with E-state index in [0.29, 0.717) is 17.0 Å². The molecule has 0 aliphatic heterocycles. The van der Waals surface area contributed by atoms with Crippen LogP contribution in [0.5, 0.6) is 5.75 Å². The molecule has 0 saturated carbocycles. The Kier molecular flexibility index (Phi) is 5.97. The summed E-state index contributed by atoms with van der Waals surface area (Å²) in [6.45, 7) is -0.111. The van der Waals surface area contributed by atoms with Crippen LogP contribution in [0.15, 0.2) is 48.5 Å². The van der Waals surface area contributed by atoms with Gasteiger partial charge < -0.3 is 15.0 Å². The summed E-state index contributed by atoms with van der Waals surface area (Å²) in [6.07, 6.45) is 0. The SMILES string of the molecule is CN(C)C(=O)COc1ccccc1C(=O)Nc1cccc(I)c1. The van der Waals surface area contributed by atoms with Crippen molar-refractivity contribution in [2.24, 2.45) is 0 Å². The molecule has 0 spiro atoms. The van der Waals surface area contributed by atoms with Gasteiger partial charge in [0.25, 0.3) is 11.8 Å². The second-order valence-corrected chi connectivity index (χ2v) is 6.28. The van der Waals surface area contributed by atoms with E-state index in [2.05, 4.69) is 27.9 Å². The molecule has 2 rings (SSSR count). The zero-order valence-corrected chi connectivity index (χ0v) is 15.0. The Hall–Kier alpha value is -2.09. The monoisotopic (exact) mass is 424 g/mol. The summed E-state index contributed by atoms with van der Waals surface area (Å²) >= 11 is 2.18. The summed E-state index contributed by atoms with van der Waals surface area (Å²) in [5.74, 6) is -0.0662. The molecule has 2 aromatic carbocycles. The number of benzene rings is 2. The lowest BCUT2D eigenvalue weighted by Gasteiger charge is -2.14. The van der Waals surface area contributed by atoms with Crippen molar-refractivity contribution in [1.82, 2.24) is 4.90 Å². The number of amides is 2. The fourth-order valence-corrected chi connectivity index (χ4v) is 2.36. The predicted molar refractivity (Wildman–Crippen MR) is 97.7 cm³/mol. The summed E-state index contributed by atoms with van der Waals surface area (Å²) in [7, 11) is 3.31. The Morgan fingerprint density at radius 2 is 1.87 bits per heavy atom. The van der Waals surface area contributed by atoms with Crippen molar-refractivity contribution in [1.29, 1.82) is 0 Å². The van der Waals surface area contributed by atoms with Crippen molar-refractivity contribution in [3.63, 3.8) is 0 Å². The van der Waals surface area contributed by atoms with Crippen molar-refractivity contribution < 1.29 is 14.3 Å². The predicted octanol–water partition coefficient (Wildman–Crippen LogP) is 3.01. The van der Waals surface area contributed by atoms with Crippen LogP contribution in [0.2, 0.25) is 0 Å². The molecule has 2 aromatic rings. The van der Waals surface area contributed by atoms with Crippen LogP contribution in [0.1, 0.15) is 10.4 Å². The van der Waals surface area contributed by atoms with Crippen molar-refractivity contribution in [2.45, 2.75) is 0 Å². The Balaban J connectivity index is 2.12. The summed E-state index contributed by atoms with van der Waals surface area (Å²) in [5.41, 5.74) is 1.10. The van der Waals surface area contributed by atoms with E-state index in [0.717, 1.165) is 3.57 Å². The van der Waals surface area contributed by atoms with E-state index >= 15 is 0 Å². The molecule has 5 nitrogen and oxygen atoms in total. The Labute approximate surface area is 148 Å². The van der Waals surface area contributed by atoms with Crippen LogP contribution < -0.4 is 10.1 Å². The lowest BCUT2D eigenvalue weighted by Crippen LogP contribution is -2.28. The number of ether oxygens (including phenoxy) is 1. The molecule has 0 fully saturated rings. The highest BCUT2D eigenvalue weighted by Gasteiger charge is 2.14. The topological polar surface area (TPSA) is 58.6 Å². The first kappa shape index (κ1) is 17.3. The van der Waals surface area contributed by atoms with Gasteiger partial charge in [0.1, 0.15) is 5.75 Å². The molecule has 0 radical (unpaired) electrons. The number of para-hydroxylation sites is 1. The number of anilines is 1. The van der Waals surface area contributed by atoms with E-state index in [4.69, 9.17) is 4.74 Å². The van der Waals surface area contributed by atoms with Crippen molar-refractivity contribution in [3.05, 3.63) is 57.7 Å². The van der Waals surface area contributed by atoms with Gasteiger partial charge in [-0.1, -0.05) is 18.2 Å². The Bertz CT molecular complexity index is 716. The molecule has 2 amide bonds. The standard InChI is InChI=1S/C17H17IN2O3/c1-20(2)16(21)11-23-15-9-4-3-8-14(15)17(22)19-13-7-5-6-12(18)10-13/h3-10H,11H2,1-2H3,(H,19,22). The van der Waals surface area contributed by atoms with Crippen LogP contribution in [-0.2, 0) is 4.79 Å². The van der Waals surface area contributed by atoms with Gasteiger partial charge in [-0.3, -0.25) is 9.59 Å². The lowest BCUT2D eigenvalue weighted by atomic mass is 10.2. The molecule has 0 aromatic heterocycles. The second-order valence-electron chi connectivity index (χ2n) is 5.04. The molecule has 0 unspecified atom stereocenters. The number of nitrogens with zero attached hydrogens (tertiary/aromatic N) is 1. The molecular formula is C17H17IN2O3. The number of likely N-dealkylation sites (N-methyl/N-ethyl adjacent to an activating group) is 1. The maximum atomic E-state index is 12.4. The van der Waals surface area contributed by atoms with Crippen molar-refractivity contribution in [3.8, 4) is 5.75 Å². The number of hydrogen-bond donors (Lipinski definition) is 1. The molecule has 0 heterocycles. The maximum Gasteiger partial charge on any atom is 0.259 e. The Morgan fingerprint density at radius 3 is 2.57 bits per heavy atom. The molecular weight excluding hydrogens is 407 g/mol. The van der Waals surface area contributed by atoms with E-state index in [-0.39, 0.29) is 18.4 Å². The average molecular weight is 424 g/mol. The van der Waals surface area contributed by atoms with Crippen LogP contribution >= 0.6 is 22.6 Å². The van der Waals surface area contributed by atoms with E-state index in [9.17, 15) is 9.59 Å². The molecule has 23 heavy (non-hydrogen) atoms. The van der Waals surface area contributed by atoms with E-state index in [1.807, 2.05) is 24.3 Å². The number of hydrogen-bond acceptors (Lipinski definition) is 3. The third-order valence-corrected chi connectivity index (χ3v) is 3.74. The highest BCUT2D eigenvalue weighted by Crippen LogP contribution is 2.20. The molecule has 0 saturated heterocycles. The van der Waals surface area contributed by atoms with Gasteiger partial charge in [-0.25, -0.2) is 0 Å². The number of carbonyl (C=O) groups excluding carboxylic acids is 2. The van der Waals surface area contributed by atoms with Crippen molar-refractivity contribution in [2.75, 3.05) is 26.0 Å². The van der Waals surface area contributed by atoms with Gasteiger partial charge in [0.05, 0.1) is 5.56 Å². The average Bonchev–Trinajstić information content (AvgIpc) is 2.52. The summed E-state index contributed by atoms with van der Waals surface area (Å²) < 4.78 is 6.52. The largest absolute Gasteiger partial charge is 0.483 e. The molecule has 0 aliphatic carbocycles. The van der Waals surface area contributed by atoms with Crippen LogP contribution in [0.25, 0.3) is 0 Å². The smallest absolute Gasteiger partial charge is 0.259 e. The van der Waals surface area contributed by atoms with Gasteiger partial charge in [-0.15, -0.1) is 0 Å². The van der Waals surface area contributed by atoms with Gasteiger partial charge in [0.2, 0.25) is 0 Å². The zero-order valence-electron chi connectivity index (χ0n) is 12.9. The minimum Gasteiger partial charge on any atom is -0.483 e. The molecule has 0 aliphatic rings. The fourth-order valence-electron chi connectivity index (χ4n) is 1.81. The zero-order chi connectivity index (χ0) is 16.8. The fraction of sp³-hybridized carbons (Fsp3) is 0.176. The molecule has 6 heteroatoms. The van der Waals surface area contributed by atoms with Gasteiger partial charge >= 0.3 is 0 Å². The van der Waals surface area contributed by atoms with Gasteiger partial charge in [-0.05, 0) is 52.9 Å².